The topological polar surface area (TPSA) is 56.0 Å². The van der Waals surface area contributed by atoms with Crippen LogP contribution in [0.3, 0.4) is 0 Å². The van der Waals surface area contributed by atoms with Gasteiger partial charge in [0.25, 0.3) is 5.69 Å². The first-order valence-corrected chi connectivity index (χ1v) is 7.16. The zero-order valence-electron chi connectivity index (χ0n) is 12.3. The maximum atomic E-state index is 10.6. The SMILES string of the molecule is O=[N+]([O-])c1ccc(/C=C/c2ccnc(-c3ccccc3)c2)cc1. The van der Waals surface area contributed by atoms with Gasteiger partial charge in [-0.15, -0.1) is 0 Å². The van der Waals surface area contributed by atoms with Gasteiger partial charge in [-0.2, -0.15) is 0 Å². The molecule has 4 nitrogen and oxygen atoms in total. The van der Waals surface area contributed by atoms with E-state index in [2.05, 4.69) is 4.98 Å². The van der Waals surface area contributed by atoms with Crippen molar-refractivity contribution in [1.29, 1.82) is 0 Å². The van der Waals surface area contributed by atoms with Crippen molar-refractivity contribution in [2.75, 3.05) is 0 Å². The molecule has 0 aliphatic heterocycles. The fourth-order valence-electron chi connectivity index (χ4n) is 2.22. The molecule has 2 aromatic carbocycles. The van der Waals surface area contributed by atoms with Crippen LogP contribution in [0.15, 0.2) is 72.9 Å². The minimum absolute atomic E-state index is 0.0948. The first-order chi connectivity index (χ1) is 11.2. The molecule has 0 saturated heterocycles. The zero-order chi connectivity index (χ0) is 16.1. The number of nitro groups is 1. The summed E-state index contributed by atoms with van der Waals surface area (Å²) in [5.41, 5.74) is 4.01. The summed E-state index contributed by atoms with van der Waals surface area (Å²) in [4.78, 5) is 14.6. The fourth-order valence-corrected chi connectivity index (χ4v) is 2.22. The van der Waals surface area contributed by atoms with Crippen LogP contribution in [0.5, 0.6) is 0 Å². The van der Waals surface area contributed by atoms with E-state index in [9.17, 15) is 10.1 Å². The van der Waals surface area contributed by atoms with Crippen LogP contribution >= 0.6 is 0 Å². The monoisotopic (exact) mass is 302 g/mol. The van der Waals surface area contributed by atoms with Crippen LogP contribution in [0, 0.1) is 10.1 Å². The number of rotatable bonds is 4. The highest BCUT2D eigenvalue weighted by atomic mass is 16.6. The van der Waals surface area contributed by atoms with Crippen molar-refractivity contribution in [3.8, 4) is 11.3 Å². The Labute approximate surface area is 133 Å². The predicted octanol–water partition coefficient (Wildman–Crippen LogP) is 4.83. The molecule has 0 bridgehead atoms. The smallest absolute Gasteiger partial charge is 0.258 e. The van der Waals surface area contributed by atoms with Crippen molar-refractivity contribution >= 4 is 17.8 Å². The number of pyridine rings is 1. The van der Waals surface area contributed by atoms with Gasteiger partial charge >= 0.3 is 0 Å². The van der Waals surface area contributed by atoms with Crippen LogP contribution in [0.1, 0.15) is 11.1 Å². The standard InChI is InChI=1S/C19H14N2O2/c22-21(23)18-10-8-15(9-11-18)6-7-16-12-13-20-19(14-16)17-4-2-1-3-5-17/h1-14H/b7-6+. The zero-order valence-corrected chi connectivity index (χ0v) is 12.3. The maximum Gasteiger partial charge on any atom is 0.269 e. The normalized spacial score (nSPS) is 10.8. The van der Waals surface area contributed by atoms with Crippen LogP contribution in [0.25, 0.3) is 23.4 Å². The largest absolute Gasteiger partial charge is 0.269 e. The summed E-state index contributed by atoms with van der Waals surface area (Å²) < 4.78 is 0. The summed E-state index contributed by atoms with van der Waals surface area (Å²) in [6.45, 7) is 0. The number of non-ortho nitro benzene ring substituents is 1. The maximum absolute atomic E-state index is 10.6. The number of nitrogens with zero attached hydrogens (tertiary/aromatic N) is 2. The Balaban J connectivity index is 1.81. The molecule has 1 heterocycles. The molecule has 4 heteroatoms. The van der Waals surface area contributed by atoms with E-state index in [0.717, 1.165) is 22.4 Å². The van der Waals surface area contributed by atoms with E-state index < -0.39 is 4.92 Å². The number of hydrogen-bond acceptors (Lipinski definition) is 3. The van der Waals surface area contributed by atoms with Gasteiger partial charge in [-0.3, -0.25) is 15.1 Å². The molecule has 0 aliphatic rings. The molecule has 3 rings (SSSR count). The third kappa shape index (κ3) is 3.68. The molecule has 0 aliphatic carbocycles. The second kappa shape index (κ2) is 6.66. The van der Waals surface area contributed by atoms with E-state index in [1.165, 1.54) is 12.1 Å². The minimum atomic E-state index is -0.400. The van der Waals surface area contributed by atoms with Gasteiger partial charge in [0.05, 0.1) is 10.6 Å². The van der Waals surface area contributed by atoms with E-state index in [4.69, 9.17) is 0 Å². The molecule has 23 heavy (non-hydrogen) atoms. The van der Waals surface area contributed by atoms with Crippen molar-refractivity contribution in [1.82, 2.24) is 4.98 Å². The second-order valence-corrected chi connectivity index (χ2v) is 5.02. The van der Waals surface area contributed by atoms with Gasteiger partial charge in [-0.05, 0) is 35.4 Å². The van der Waals surface area contributed by atoms with Gasteiger partial charge in [0.15, 0.2) is 0 Å². The molecule has 0 amide bonds. The van der Waals surface area contributed by atoms with E-state index in [-0.39, 0.29) is 5.69 Å². The van der Waals surface area contributed by atoms with Gasteiger partial charge in [0, 0.05) is 23.9 Å². The third-order valence-electron chi connectivity index (χ3n) is 3.43. The molecular formula is C19H14N2O2. The molecule has 0 radical (unpaired) electrons. The molecule has 0 unspecified atom stereocenters. The fraction of sp³-hybridized carbons (Fsp3) is 0. The van der Waals surface area contributed by atoms with Gasteiger partial charge in [0.2, 0.25) is 0 Å². The van der Waals surface area contributed by atoms with Crippen LogP contribution < -0.4 is 0 Å². The lowest BCUT2D eigenvalue weighted by molar-refractivity contribution is -0.384. The van der Waals surface area contributed by atoms with E-state index in [1.807, 2.05) is 54.6 Å². The lowest BCUT2D eigenvalue weighted by Crippen LogP contribution is -1.86. The minimum Gasteiger partial charge on any atom is -0.258 e. The first-order valence-electron chi connectivity index (χ1n) is 7.16. The Morgan fingerprint density at radius 3 is 2.26 bits per heavy atom. The third-order valence-corrected chi connectivity index (χ3v) is 3.43. The highest BCUT2D eigenvalue weighted by Gasteiger charge is 2.02. The van der Waals surface area contributed by atoms with Crippen molar-refractivity contribution in [3.63, 3.8) is 0 Å². The molecule has 0 N–H and O–H groups in total. The number of aromatic nitrogens is 1. The van der Waals surface area contributed by atoms with Crippen LogP contribution in [0.4, 0.5) is 5.69 Å². The van der Waals surface area contributed by atoms with Crippen molar-refractivity contribution in [2.24, 2.45) is 0 Å². The molecular weight excluding hydrogens is 288 g/mol. The highest BCUT2D eigenvalue weighted by Crippen LogP contribution is 2.19. The molecule has 112 valence electrons. The molecule has 0 atom stereocenters. The summed E-state index contributed by atoms with van der Waals surface area (Å²) >= 11 is 0. The Bertz CT molecular complexity index is 841. The summed E-state index contributed by atoms with van der Waals surface area (Å²) in [6, 6.07) is 20.4. The van der Waals surface area contributed by atoms with Crippen molar-refractivity contribution in [2.45, 2.75) is 0 Å². The van der Waals surface area contributed by atoms with Crippen LogP contribution in [0.2, 0.25) is 0 Å². The van der Waals surface area contributed by atoms with Gasteiger partial charge < -0.3 is 0 Å². The van der Waals surface area contributed by atoms with Crippen LogP contribution in [-0.2, 0) is 0 Å². The molecule has 0 saturated carbocycles. The Morgan fingerprint density at radius 2 is 1.57 bits per heavy atom. The molecule has 1 aromatic heterocycles. The average Bonchev–Trinajstić information content (AvgIpc) is 2.61. The van der Waals surface area contributed by atoms with E-state index in [1.54, 1.807) is 18.3 Å². The average molecular weight is 302 g/mol. The number of hydrogen-bond donors (Lipinski definition) is 0. The highest BCUT2D eigenvalue weighted by molar-refractivity contribution is 5.72. The van der Waals surface area contributed by atoms with Crippen molar-refractivity contribution in [3.05, 3.63) is 94.2 Å². The Morgan fingerprint density at radius 1 is 0.870 bits per heavy atom. The van der Waals surface area contributed by atoms with Crippen LogP contribution in [-0.4, -0.2) is 9.91 Å². The molecule has 3 aromatic rings. The lowest BCUT2D eigenvalue weighted by Gasteiger charge is -2.01. The van der Waals surface area contributed by atoms with E-state index in [0.29, 0.717) is 0 Å². The Kier molecular flexibility index (Phi) is 4.25. The summed E-state index contributed by atoms with van der Waals surface area (Å²) in [7, 11) is 0. The molecule has 0 spiro atoms. The van der Waals surface area contributed by atoms with Gasteiger partial charge in [-0.1, -0.05) is 42.5 Å². The quantitative estimate of drug-likeness (QED) is 0.512. The first kappa shape index (κ1) is 14.7. The Hall–Kier alpha value is -3.27. The predicted molar refractivity (Wildman–Crippen MR) is 91.7 cm³/mol. The summed E-state index contributed by atoms with van der Waals surface area (Å²) in [5, 5.41) is 10.6. The van der Waals surface area contributed by atoms with Crippen molar-refractivity contribution < 1.29 is 4.92 Å². The molecule has 0 fully saturated rings. The van der Waals surface area contributed by atoms with Gasteiger partial charge in [0.1, 0.15) is 0 Å². The number of benzene rings is 2. The number of nitro benzene ring substituents is 1. The second-order valence-electron chi connectivity index (χ2n) is 5.02. The van der Waals surface area contributed by atoms with Gasteiger partial charge in [-0.25, -0.2) is 0 Å². The lowest BCUT2D eigenvalue weighted by atomic mass is 10.1. The van der Waals surface area contributed by atoms with E-state index >= 15 is 0 Å². The summed E-state index contributed by atoms with van der Waals surface area (Å²) in [6.07, 6.45) is 5.67. The summed E-state index contributed by atoms with van der Waals surface area (Å²) in [5.74, 6) is 0.